The molecule has 0 radical (unpaired) electrons. The number of carbonyl (C=O) groups is 1. The van der Waals surface area contributed by atoms with E-state index in [-0.39, 0.29) is 11.7 Å². The number of aromatic nitrogens is 3. The van der Waals surface area contributed by atoms with E-state index in [0.29, 0.717) is 15.9 Å². The van der Waals surface area contributed by atoms with E-state index >= 15 is 0 Å². The number of hydrogen-bond acceptors (Lipinski definition) is 6. The van der Waals surface area contributed by atoms with E-state index in [2.05, 4.69) is 15.5 Å². The average molecular weight is 457 g/mol. The van der Waals surface area contributed by atoms with Gasteiger partial charge in [-0.1, -0.05) is 29.4 Å². The fraction of sp³-hybridized carbons (Fsp3) is 0.0952. The van der Waals surface area contributed by atoms with Crippen molar-refractivity contribution in [2.24, 2.45) is 0 Å². The fourth-order valence-corrected chi connectivity index (χ4v) is 4.33. The highest BCUT2D eigenvalue weighted by Gasteiger charge is 2.18. The topological polar surface area (TPSA) is 69.0 Å². The largest absolute Gasteiger partial charge is 0.497 e. The predicted octanol–water partition coefficient (Wildman–Crippen LogP) is 5.39. The number of halogens is 1. The molecule has 2 heterocycles. The molecule has 0 fully saturated rings. The van der Waals surface area contributed by atoms with E-state index in [1.54, 1.807) is 42.7 Å². The summed E-state index contributed by atoms with van der Waals surface area (Å²) in [4.78, 5) is 13.4. The van der Waals surface area contributed by atoms with Gasteiger partial charge in [0, 0.05) is 10.7 Å². The number of nitrogens with one attached hydrogen (secondary N) is 1. The number of hydrogen-bond donors (Lipinski definition) is 1. The molecule has 4 aromatic rings. The molecular formula is C21H17ClN4O2S2. The first-order valence-corrected chi connectivity index (χ1v) is 11.2. The Morgan fingerprint density at radius 2 is 1.90 bits per heavy atom. The zero-order valence-corrected chi connectivity index (χ0v) is 18.3. The summed E-state index contributed by atoms with van der Waals surface area (Å²) in [5, 5.41) is 14.8. The number of amides is 1. The quantitative estimate of drug-likeness (QED) is 0.377. The van der Waals surface area contributed by atoms with Crippen molar-refractivity contribution < 1.29 is 9.53 Å². The van der Waals surface area contributed by atoms with Crippen LogP contribution in [0.2, 0.25) is 5.02 Å². The highest BCUT2D eigenvalue weighted by molar-refractivity contribution is 7.99. The zero-order valence-electron chi connectivity index (χ0n) is 15.9. The van der Waals surface area contributed by atoms with Gasteiger partial charge in [-0.05, 0) is 60.0 Å². The van der Waals surface area contributed by atoms with Gasteiger partial charge in [-0.25, -0.2) is 0 Å². The number of thiophene rings is 1. The molecule has 1 N–H and O–H groups in total. The van der Waals surface area contributed by atoms with Gasteiger partial charge in [0.25, 0.3) is 0 Å². The summed E-state index contributed by atoms with van der Waals surface area (Å²) in [5.74, 6) is 1.56. The third-order valence-electron chi connectivity index (χ3n) is 4.17. The van der Waals surface area contributed by atoms with Crippen LogP contribution in [0.4, 0.5) is 5.69 Å². The molecular weight excluding hydrogens is 440 g/mol. The van der Waals surface area contributed by atoms with Gasteiger partial charge < -0.3 is 10.1 Å². The number of thioether (sulfide) groups is 1. The Hall–Kier alpha value is -2.81. The minimum Gasteiger partial charge on any atom is -0.497 e. The van der Waals surface area contributed by atoms with Crippen LogP contribution in [0.15, 0.2) is 71.2 Å². The molecule has 0 unspecified atom stereocenters. The first-order valence-electron chi connectivity index (χ1n) is 8.96. The lowest BCUT2D eigenvalue weighted by Gasteiger charge is -2.10. The summed E-state index contributed by atoms with van der Waals surface area (Å²) >= 11 is 8.80. The summed E-state index contributed by atoms with van der Waals surface area (Å²) in [6.07, 6.45) is 0. The Kier molecular flexibility index (Phi) is 6.37. The maximum Gasteiger partial charge on any atom is 0.234 e. The smallest absolute Gasteiger partial charge is 0.234 e. The van der Waals surface area contributed by atoms with Crippen molar-refractivity contribution in [2.45, 2.75) is 5.16 Å². The normalized spacial score (nSPS) is 10.7. The molecule has 2 aromatic carbocycles. The summed E-state index contributed by atoms with van der Waals surface area (Å²) in [6.45, 7) is 0. The van der Waals surface area contributed by atoms with Gasteiger partial charge in [0.15, 0.2) is 11.0 Å². The molecule has 1 amide bonds. The van der Waals surface area contributed by atoms with E-state index in [0.717, 1.165) is 22.1 Å². The lowest BCUT2D eigenvalue weighted by molar-refractivity contribution is -0.113. The van der Waals surface area contributed by atoms with Crippen LogP contribution >= 0.6 is 34.7 Å². The molecule has 6 nitrogen and oxygen atoms in total. The first kappa shape index (κ1) is 20.5. The Balaban J connectivity index is 1.56. The van der Waals surface area contributed by atoms with Crippen LogP contribution in [0.3, 0.4) is 0 Å². The molecule has 0 aliphatic rings. The average Bonchev–Trinajstić information content (AvgIpc) is 3.44. The van der Waals surface area contributed by atoms with Crippen LogP contribution in [0.5, 0.6) is 5.75 Å². The van der Waals surface area contributed by atoms with Crippen molar-refractivity contribution in [3.8, 4) is 22.1 Å². The Morgan fingerprint density at radius 1 is 1.13 bits per heavy atom. The SMILES string of the molecule is COc1ccc(-n2c(SCC(=O)Nc3ccc(Cl)cc3)nnc2-c2cccs2)cc1. The third-order valence-corrected chi connectivity index (χ3v) is 6.21. The van der Waals surface area contributed by atoms with Gasteiger partial charge in [0.2, 0.25) is 5.91 Å². The van der Waals surface area contributed by atoms with Gasteiger partial charge in [0.05, 0.1) is 23.4 Å². The third kappa shape index (κ3) is 4.67. The van der Waals surface area contributed by atoms with Crippen LogP contribution < -0.4 is 10.1 Å². The predicted molar refractivity (Wildman–Crippen MR) is 122 cm³/mol. The lowest BCUT2D eigenvalue weighted by atomic mass is 10.3. The van der Waals surface area contributed by atoms with Crippen molar-refractivity contribution in [3.63, 3.8) is 0 Å². The van der Waals surface area contributed by atoms with Gasteiger partial charge in [-0.2, -0.15) is 0 Å². The molecule has 0 aliphatic carbocycles. The molecule has 30 heavy (non-hydrogen) atoms. The lowest BCUT2D eigenvalue weighted by Crippen LogP contribution is -2.14. The molecule has 0 saturated carbocycles. The number of carbonyl (C=O) groups excluding carboxylic acids is 1. The van der Waals surface area contributed by atoms with Crippen LogP contribution in [0.1, 0.15) is 0 Å². The van der Waals surface area contributed by atoms with E-state index in [4.69, 9.17) is 16.3 Å². The van der Waals surface area contributed by atoms with Gasteiger partial charge in [0.1, 0.15) is 5.75 Å². The molecule has 0 atom stereocenters. The van der Waals surface area contributed by atoms with Gasteiger partial charge in [-0.3, -0.25) is 9.36 Å². The standard InChI is InChI=1S/C21H17ClN4O2S2/c1-28-17-10-8-16(9-11-17)26-20(18-3-2-12-29-18)24-25-21(26)30-13-19(27)23-15-6-4-14(22)5-7-15/h2-12H,13H2,1H3,(H,23,27). The van der Waals surface area contributed by atoms with E-state index in [9.17, 15) is 4.79 Å². The van der Waals surface area contributed by atoms with E-state index in [1.807, 2.05) is 46.3 Å². The Bertz CT molecular complexity index is 1130. The second-order valence-electron chi connectivity index (χ2n) is 6.16. The van der Waals surface area contributed by atoms with E-state index in [1.165, 1.54) is 11.8 Å². The van der Waals surface area contributed by atoms with Crippen molar-refractivity contribution in [1.29, 1.82) is 0 Å². The van der Waals surface area contributed by atoms with Gasteiger partial charge >= 0.3 is 0 Å². The summed E-state index contributed by atoms with van der Waals surface area (Å²) in [7, 11) is 1.63. The molecule has 4 rings (SSSR count). The summed E-state index contributed by atoms with van der Waals surface area (Å²) < 4.78 is 7.21. The maximum atomic E-state index is 12.4. The van der Waals surface area contributed by atoms with Crippen LogP contribution in [-0.2, 0) is 4.79 Å². The maximum absolute atomic E-state index is 12.4. The zero-order chi connectivity index (χ0) is 20.9. The summed E-state index contributed by atoms with van der Waals surface area (Å²) in [6, 6.07) is 18.6. The number of rotatable bonds is 7. The van der Waals surface area contributed by atoms with Crippen molar-refractivity contribution in [2.75, 3.05) is 18.2 Å². The minimum atomic E-state index is -0.135. The highest BCUT2D eigenvalue weighted by Crippen LogP contribution is 2.31. The monoisotopic (exact) mass is 456 g/mol. The van der Waals surface area contributed by atoms with Crippen LogP contribution in [0, 0.1) is 0 Å². The van der Waals surface area contributed by atoms with Crippen LogP contribution in [-0.4, -0.2) is 33.5 Å². The first-order chi connectivity index (χ1) is 14.6. The van der Waals surface area contributed by atoms with Crippen molar-refractivity contribution >= 4 is 46.3 Å². The van der Waals surface area contributed by atoms with Crippen LogP contribution in [0.25, 0.3) is 16.4 Å². The minimum absolute atomic E-state index is 0.135. The number of nitrogens with zero attached hydrogens (tertiary/aromatic N) is 3. The molecule has 152 valence electrons. The molecule has 0 saturated heterocycles. The molecule has 0 spiro atoms. The van der Waals surface area contributed by atoms with Crippen molar-refractivity contribution in [3.05, 3.63) is 71.1 Å². The highest BCUT2D eigenvalue weighted by atomic mass is 35.5. The second kappa shape index (κ2) is 9.34. The van der Waals surface area contributed by atoms with Crippen molar-refractivity contribution in [1.82, 2.24) is 14.8 Å². The number of ether oxygens (including phenoxy) is 1. The molecule has 0 aliphatic heterocycles. The number of methoxy groups -OCH3 is 1. The van der Waals surface area contributed by atoms with Gasteiger partial charge in [-0.15, -0.1) is 21.5 Å². The van der Waals surface area contributed by atoms with E-state index < -0.39 is 0 Å². The number of benzene rings is 2. The summed E-state index contributed by atoms with van der Waals surface area (Å²) in [5.41, 5.74) is 1.59. The molecule has 2 aromatic heterocycles. The molecule has 9 heteroatoms. The Labute approximate surface area is 186 Å². The Morgan fingerprint density at radius 3 is 2.57 bits per heavy atom. The second-order valence-corrected chi connectivity index (χ2v) is 8.49. The number of anilines is 1. The fourth-order valence-electron chi connectivity index (χ4n) is 2.75. The molecule has 0 bridgehead atoms.